The number of hydrogen-bond donors (Lipinski definition) is 3. The first-order chi connectivity index (χ1) is 6.37. The fourth-order valence-corrected chi connectivity index (χ4v) is 1.34. The number of thiocarbonyl (C=S) groups is 1. The van der Waals surface area contributed by atoms with E-state index in [4.69, 9.17) is 5.73 Å². The van der Waals surface area contributed by atoms with E-state index in [0.29, 0.717) is 0 Å². The van der Waals surface area contributed by atoms with Crippen LogP contribution in [-0.2, 0) is 14.9 Å². The van der Waals surface area contributed by atoms with Crippen LogP contribution in [0.4, 0.5) is 4.79 Å². The summed E-state index contributed by atoms with van der Waals surface area (Å²) < 4.78 is 29.7. The zero-order valence-electron chi connectivity index (χ0n) is 7.44. The van der Waals surface area contributed by atoms with Crippen LogP contribution >= 0.6 is 12.2 Å². The van der Waals surface area contributed by atoms with Gasteiger partial charge in [-0.15, -0.1) is 0 Å². The van der Waals surface area contributed by atoms with Gasteiger partial charge < -0.3 is 10.5 Å². The van der Waals surface area contributed by atoms with Crippen molar-refractivity contribution < 1.29 is 17.9 Å². The zero-order valence-corrected chi connectivity index (χ0v) is 9.07. The van der Waals surface area contributed by atoms with Gasteiger partial charge in [0, 0.05) is 13.0 Å². The van der Waals surface area contributed by atoms with Crippen molar-refractivity contribution in [3.05, 3.63) is 0 Å². The third kappa shape index (κ3) is 6.57. The van der Waals surface area contributed by atoms with Gasteiger partial charge in [0.25, 0.3) is 0 Å². The Hall–Kier alpha value is -0.930. The Morgan fingerprint density at radius 1 is 1.57 bits per heavy atom. The Bertz CT molecular complexity index is 313. The van der Waals surface area contributed by atoms with Crippen molar-refractivity contribution in [2.24, 2.45) is 5.73 Å². The third-order valence-corrected chi connectivity index (χ3v) is 2.29. The lowest BCUT2D eigenvalue weighted by Crippen LogP contribution is -2.41. The maximum Gasteiger partial charge on any atom is 0.421 e. The van der Waals surface area contributed by atoms with Gasteiger partial charge >= 0.3 is 16.3 Å². The molecule has 0 aromatic heterocycles. The Morgan fingerprint density at radius 2 is 2.14 bits per heavy atom. The van der Waals surface area contributed by atoms with Crippen LogP contribution in [0.15, 0.2) is 0 Å². The van der Waals surface area contributed by atoms with Gasteiger partial charge in [0.1, 0.15) is 0 Å². The normalized spacial score (nSPS) is 10.6. The molecular weight excluding hydrogens is 230 g/mol. The minimum absolute atomic E-state index is 0.0294. The molecule has 0 aliphatic carbocycles. The van der Waals surface area contributed by atoms with Crippen molar-refractivity contribution >= 4 is 33.5 Å². The second kappa shape index (κ2) is 5.73. The predicted molar refractivity (Wildman–Crippen MR) is 53.9 cm³/mol. The van der Waals surface area contributed by atoms with Crippen molar-refractivity contribution in [2.75, 3.05) is 13.7 Å². The number of carbonyl (C=O) groups is 1. The van der Waals surface area contributed by atoms with Crippen molar-refractivity contribution in [1.82, 2.24) is 9.44 Å². The highest BCUT2D eigenvalue weighted by Gasteiger charge is 2.12. The van der Waals surface area contributed by atoms with Crippen molar-refractivity contribution in [3.63, 3.8) is 0 Å². The minimum atomic E-state index is -3.88. The fourth-order valence-electron chi connectivity index (χ4n) is 0.496. The maximum absolute atomic E-state index is 11.0. The molecule has 0 bridgehead atoms. The van der Waals surface area contributed by atoms with Gasteiger partial charge in [-0.1, -0.05) is 12.2 Å². The van der Waals surface area contributed by atoms with Gasteiger partial charge in [-0.3, -0.25) is 0 Å². The Labute approximate surface area is 87.2 Å². The molecule has 0 atom stereocenters. The molecule has 0 fully saturated rings. The van der Waals surface area contributed by atoms with Crippen LogP contribution in [0.5, 0.6) is 0 Å². The second-order valence-electron chi connectivity index (χ2n) is 2.21. The highest BCUT2D eigenvalue weighted by molar-refractivity contribution is 7.88. The lowest BCUT2D eigenvalue weighted by molar-refractivity contribution is 0.177. The topological polar surface area (TPSA) is 111 Å². The van der Waals surface area contributed by atoms with Crippen LogP contribution in [0.2, 0.25) is 0 Å². The van der Waals surface area contributed by atoms with Gasteiger partial charge in [-0.05, 0) is 0 Å². The highest BCUT2D eigenvalue weighted by Crippen LogP contribution is 1.82. The van der Waals surface area contributed by atoms with E-state index < -0.39 is 16.3 Å². The first kappa shape index (κ1) is 13.1. The van der Waals surface area contributed by atoms with E-state index in [1.807, 2.05) is 4.72 Å². The Balaban J connectivity index is 3.96. The van der Waals surface area contributed by atoms with Crippen LogP contribution in [-0.4, -0.2) is 33.2 Å². The number of nitrogens with one attached hydrogen (secondary N) is 2. The van der Waals surface area contributed by atoms with Crippen molar-refractivity contribution in [2.45, 2.75) is 6.42 Å². The van der Waals surface area contributed by atoms with E-state index in [-0.39, 0.29) is 18.0 Å². The number of nitrogens with two attached hydrogens (primary N) is 1. The molecule has 0 rings (SSSR count). The molecule has 0 unspecified atom stereocenters. The summed E-state index contributed by atoms with van der Waals surface area (Å²) in [5.74, 6) is 0. The molecule has 0 radical (unpaired) electrons. The molecule has 0 heterocycles. The fraction of sp³-hybridized carbons (Fsp3) is 0.600. The molecule has 82 valence electrons. The smallest absolute Gasteiger partial charge is 0.421 e. The number of hydrogen-bond acceptors (Lipinski definition) is 5. The zero-order chi connectivity index (χ0) is 11.2. The highest BCUT2D eigenvalue weighted by atomic mass is 32.2. The number of carbonyl (C=O) groups excluding carboxylic acids is 1. The molecule has 0 spiro atoms. The van der Waals surface area contributed by atoms with E-state index in [2.05, 4.69) is 17.0 Å². The standard InChI is InChI=1S/C5H11N3O4S2/c1-12-5(9)8-14(10,11)7-3-2-4(6)13/h7H,2-3H2,1H3,(H2,6,13)(H,8,9). The van der Waals surface area contributed by atoms with Crippen molar-refractivity contribution in [3.8, 4) is 0 Å². The predicted octanol–water partition coefficient (Wildman–Crippen LogP) is -1.15. The number of amides is 1. The molecule has 1 amide bonds. The molecule has 0 aliphatic rings. The SMILES string of the molecule is COC(=O)NS(=O)(=O)NCCC(N)=S. The first-order valence-corrected chi connectivity index (χ1v) is 5.40. The summed E-state index contributed by atoms with van der Waals surface area (Å²) in [5.41, 5.74) is 5.13. The minimum Gasteiger partial charge on any atom is -0.452 e. The number of rotatable bonds is 5. The van der Waals surface area contributed by atoms with Crippen molar-refractivity contribution in [1.29, 1.82) is 0 Å². The first-order valence-electron chi connectivity index (χ1n) is 3.51. The molecule has 9 heteroatoms. The lowest BCUT2D eigenvalue weighted by atomic mass is 10.4. The lowest BCUT2D eigenvalue weighted by Gasteiger charge is -2.06. The third-order valence-electron chi connectivity index (χ3n) is 1.07. The van der Waals surface area contributed by atoms with Crippen LogP contribution in [0.1, 0.15) is 6.42 Å². The molecule has 7 nitrogen and oxygen atoms in total. The van der Waals surface area contributed by atoms with Gasteiger partial charge in [-0.2, -0.15) is 13.1 Å². The molecule has 0 aromatic rings. The van der Waals surface area contributed by atoms with Crippen LogP contribution in [0.25, 0.3) is 0 Å². The summed E-state index contributed by atoms with van der Waals surface area (Å²) in [4.78, 5) is 10.7. The van der Waals surface area contributed by atoms with E-state index >= 15 is 0 Å². The summed E-state index contributed by atoms with van der Waals surface area (Å²) in [5, 5.41) is 0. The summed E-state index contributed by atoms with van der Waals surface area (Å²) >= 11 is 4.53. The molecule has 4 N–H and O–H groups in total. The van der Waals surface area contributed by atoms with Crippen LogP contribution in [0.3, 0.4) is 0 Å². The molecular formula is C5H11N3O4S2. The average molecular weight is 241 g/mol. The second-order valence-corrected chi connectivity index (χ2v) is 4.23. The average Bonchev–Trinajstić information content (AvgIpc) is 2.02. The maximum atomic E-state index is 11.0. The summed E-state index contributed by atoms with van der Waals surface area (Å²) in [6.07, 6.45) is -0.843. The van der Waals surface area contributed by atoms with Crippen LogP contribution in [0, 0.1) is 0 Å². The molecule has 0 saturated heterocycles. The summed E-state index contributed by atoms with van der Waals surface area (Å²) in [7, 11) is -2.82. The van der Waals surface area contributed by atoms with Gasteiger partial charge in [0.05, 0.1) is 12.1 Å². The quantitative estimate of drug-likeness (QED) is 0.524. The Kier molecular flexibility index (Phi) is 5.35. The monoisotopic (exact) mass is 241 g/mol. The largest absolute Gasteiger partial charge is 0.452 e. The number of ether oxygens (including phenoxy) is 1. The molecule has 0 saturated carbocycles. The molecule has 14 heavy (non-hydrogen) atoms. The van der Waals surface area contributed by atoms with Crippen LogP contribution < -0.4 is 15.2 Å². The van der Waals surface area contributed by atoms with Gasteiger partial charge in [0.2, 0.25) is 0 Å². The Morgan fingerprint density at radius 3 is 2.57 bits per heavy atom. The summed E-state index contributed by atoms with van der Waals surface area (Å²) in [6.45, 7) is 0.0294. The van der Waals surface area contributed by atoms with E-state index in [0.717, 1.165) is 7.11 Å². The van der Waals surface area contributed by atoms with Gasteiger partial charge in [-0.25, -0.2) is 9.52 Å². The molecule has 0 aliphatic heterocycles. The van der Waals surface area contributed by atoms with E-state index in [1.165, 1.54) is 0 Å². The van der Waals surface area contributed by atoms with E-state index in [1.54, 1.807) is 4.72 Å². The summed E-state index contributed by atoms with van der Waals surface area (Å²) in [6, 6.07) is 0. The van der Waals surface area contributed by atoms with Gasteiger partial charge in [0.15, 0.2) is 0 Å². The van der Waals surface area contributed by atoms with E-state index in [9.17, 15) is 13.2 Å². The molecule has 0 aromatic carbocycles. The number of methoxy groups -OCH3 is 1.